The third kappa shape index (κ3) is 2.40. The molecule has 0 amide bonds. The molecule has 0 spiro atoms. The number of hydrogen-bond acceptors (Lipinski definition) is 2. The first-order chi connectivity index (χ1) is 7.16. The van der Waals surface area contributed by atoms with Crippen LogP contribution in [0.5, 0.6) is 0 Å². The largest absolute Gasteiger partial charge is 0.381 e. The van der Waals surface area contributed by atoms with Crippen LogP contribution in [0.15, 0.2) is 12.1 Å². The Bertz CT molecular complexity index is 341. The molecule has 1 N–H and O–H groups in total. The third-order valence-corrected chi connectivity index (χ3v) is 3.45. The number of rotatable bonds is 2. The predicted octanol–water partition coefficient (Wildman–Crippen LogP) is 3.02. The first kappa shape index (κ1) is 10.7. The summed E-state index contributed by atoms with van der Waals surface area (Å²) >= 11 is 1.79. The number of hydrogen-bond donors (Lipinski definition) is 1. The van der Waals surface area contributed by atoms with Gasteiger partial charge in [-0.2, -0.15) is 11.8 Å². The SMILES string of the molecule is Fc1cc(NC2CCSC2)cc(F)c1F. The smallest absolute Gasteiger partial charge is 0.194 e. The van der Waals surface area contributed by atoms with Crippen molar-refractivity contribution in [1.29, 1.82) is 0 Å². The van der Waals surface area contributed by atoms with E-state index >= 15 is 0 Å². The Balaban J connectivity index is 2.14. The third-order valence-electron chi connectivity index (χ3n) is 2.28. The van der Waals surface area contributed by atoms with Gasteiger partial charge in [-0.05, 0) is 12.2 Å². The van der Waals surface area contributed by atoms with Crippen LogP contribution in [-0.4, -0.2) is 17.5 Å². The van der Waals surface area contributed by atoms with Gasteiger partial charge in [0.2, 0.25) is 0 Å². The molecule has 0 aromatic heterocycles. The van der Waals surface area contributed by atoms with Gasteiger partial charge in [0.25, 0.3) is 0 Å². The first-order valence-corrected chi connectivity index (χ1v) is 5.81. The lowest BCUT2D eigenvalue weighted by atomic mass is 10.2. The fraction of sp³-hybridized carbons (Fsp3) is 0.400. The van der Waals surface area contributed by atoms with Crippen molar-refractivity contribution >= 4 is 17.4 Å². The molecule has 1 aromatic carbocycles. The number of nitrogens with one attached hydrogen (secondary N) is 1. The van der Waals surface area contributed by atoms with Crippen molar-refractivity contribution in [3.63, 3.8) is 0 Å². The molecule has 5 heteroatoms. The van der Waals surface area contributed by atoms with Gasteiger partial charge >= 0.3 is 0 Å². The molecule has 1 aliphatic heterocycles. The van der Waals surface area contributed by atoms with E-state index in [1.54, 1.807) is 11.8 Å². The number of thioether (sulfide) groups is 1. The van der Waals surface area contributed by atoms with Gasteiger partial charge < -0.3 is 5.32 Å². The normalized spacial score (nSPS) is 20.6. The van der Waals surface area contributed by atoms with E-state index in [9.17, 15) is 13.2 Å². The van der Waals surface area contributed by atoms with E-state index < -0.39 is 17.5 Å². The molecular weight excluding hydrogens is 223 g/mol. The van der Waals surface area contributed by atoms with Gasteiger partial charge in [-0.3, -0.25) is 0 Å². The van der Waals surface area contributed by atoms with Crippen LogP contribution in [0.1, 0.15) is 6.42 Å². The number of halogens is 3. The molecule has 1 saturated heterocycles. The van der Waals surface area contributed by atoms with Crippen LogP contribution in [0, 0.1) is 17.5 Å². The summed E-state index contributed by atoms with van der Waals surface area (Å²) in [6.07, 6.45) is 0.964. The monoisotopic (exact) mass is 233 g/mol. The highest BCUT2D eigenvalue weighted by Crippen LogP contribution is 2.23. The fourth-order valence-corrected chi connectivity index (χ4v) is 2.68. The molecule has 1 nitrogen and oxygen atoms in total. The molecule has 82 valence electrons. The van der Waals surface area contributed by atoms with Crippen LogP contribution >= 0.6 is 11.8 Å². The summed E-state index contributed by atoms with van der Waals surface area (Å²) < 4.78 is 38.3. The molecule has 0 saturated carbocycles. The zero-order valence-electron chi connectivity index (χ0n) is 7.90. The van der Waals surface area contributed by atoms with Crippen LogP contribution in [0.2, 0.25) is 0 Å². The summed E-state index contributed by atoms with van der Waals surface area (Å²) in [4.78, 5) is 0. The Labute approximate surface area is 90.1 Å². The lowest BCUT2D eigenvalue weighted by Gasteiger charge is -2.13. The molecule has 15 heavy (non-hydrogen) atoms. The summed E-state index contributed by atoms with van der Waals surface area (Å²) in [6, 6.07) is 2.20. The molecule has 1 atom stereocenters. The van der Waals surface area contributed by atoms with Crippen molar-refractivity contribution in [3.05, 3.63) is 29.6 Å². The molecular formula is C10H10F3NS. The van der Waals surface area contributed by atoms with Crippen molar-refractivity contribution in [2.24, 2.45) is 0 Å². The van der Waals surface area contributed by atoms with Crippen LogP contribution in [0.25, 0.3) is 0 Å². The summed E-state index contributed by atoms with van der Waals surface area (Å²) in [5, 5.41) is 2.98. The van der Waals surface area contributed by atoms with Gasteiger partial charge in [0.05, 0.1) is 0 Å². The van der Waals surface area contributed by atoms with Gasteiger partial charge in [0.1, 0.15) is 0 Å². The van der Waals surface area contributed by atoms with Gasteiger partial charge in [-0.25, -0.2) is 13.2 Å². The predicted molar refractivity (Wildman–Crippen MR) is 55.7 cm³/mol. The Morgan fingerprint density at radius 2 is 1.87 bits per heavy atom. The Kier molecular flexibility index (Phi) is 3.09. The van der Waals surface area contributed by atoms with Gasteiger partial charge in [-0.1, -0.05) is 0 Å². The van der Waals surface area contributed by atoms with E-state index in [2.05, 4.69) is 5.32 Å². The maximum absolute atomic E-state index is 12.9. The Morgan fingerprint density at radius 1 is 1.20 bits per heavy atom. The van der Waals surface area contributed by atoms with E-state index in [-0.39, 0.29) is 6.04 Å². The topological polar surface area (TPSA) is 12.0 Å². The van der Waals surface area contributed by atoms with Gasteiger partial charge in [-0.15, -0.1) is 0 Å². The van der Waals surface area contributed by atoms with Crippen molar-refractivity contribution in [2.75, 3.05) is 16.8 Å². The second kappa shape index (κ2) is 4.35. The van der Waals surface area contributed by atoms with Crippen LogP contribution in [0.4, 0.5) is 18.9 Å². The fourth-order valence-electron chi connectivity index (χ4n) is 1.52. The maximum atomic E-state index is 12.9. The molecule has 0 aliphatic carbocycles. The van der Waals surface area contributed by atoms with E-state index in [0.29, 0.717) is 5.69 Å². The second-order valence-electron chi connectivity index (χ2n) is 3.46. The maximum Gasteiger partial charge on any atom is 0.194 e. The lowest BCUT2D eigenvalue weighted by molar-refractivity contribution is 0.447. The van der Waals surface area contributed by atoms with Gasteiger partial charge in [0, 0.05) is 29.6 Å². The van der Waals surface area contributed by atoms with Crippen LogP contribution in [0.3, 0.4) is 0 Å². The second-order valence-corrected chi connectivity index (χ2v) is 4.61. The molecule has 1 heterocycles. The van der Waals surface area contributed by atoms with E-state index in [0.717, 1.165) is 30.1 Å². The standard InChI is InChI=1S/C10H10F3NS/c11-8-3-7(4-9(12)10(8)13)14-6-1-2-15-5-6/h3-4,6,14H,1-2,5H2. The van der Waals surface area contributed by atoms with Gasteiger partial charge in [0.15, 0.2) is 17.5 Å². The molecule has 1 aromatic rings. The molecule has 0 radical (unpaired) electrons. The van der Waals surface area contributed by atoms with E-state index in [1.165, 1.54) is 0 Å². The first-order valence-electron chi connectivity index (χ1n) is 4.65. The van der Waals surface area contributed by atoms with E-state index in [1.807, 2.05) is 0 Å². The van der Waals surface area contributed by atoms with Crippen LogP contribution < -0.4 is 5.32 Å². The molecule has 1 unspecified atom stereocenters. The highest BCUT2D eigenvalue weighted by atomic mass is 32.2. The summed E-state index contributed by atoms with van der Waals surface area (Å²) in [7, 11) is 0. The summed E-state index contributed by atoms with van der Waals surface area (Å²) in [5.41, 5.74) is 0.305. The van der Waals surface area contributed by atoms with Crippen molar-refractivity contribution < 1.29 is 13.2 Å². The minimum atomic E-state index is -1.42. The Morgan fingerprint density at radius 3 is 2.40 bits per heavy atom. The molecule has 1 aliphatic rings. The number of anilines is 1. The quantitative estimate of drug-likeness (QED) is 0.788. The lowest BCUT2D eigenvalue weighted by Crippen LogP contribution is -2.18. The minimum absolute atomic E-state index is 0.222. The zero-order chi connectivity index (χ0) is 10.8. The molecule has 0 bridgehead atoms. The zero-order valence-corrected chi connectivity index (χ0v) is 8.71. The summed E-state index contributed by atoms with van der Waals surface area (Å²) in [6.45, 7) is 0. The average Bonchev–Trinajstić information content (AvgIpc) is 2.66. The summed E-state index contributed by atoms with van der Waals surface area (Å²) in [5.74, 6) is -1.75. The highest BCUT2D eigenvalue weighted by molar-refractivity contribution is 7.99. The number of benzene rings is 1. The van der Waals surface area contributed by atoms with Crippen molar-refractivity contribution in [3.8, 4) is 0 Å². The Hall–Kier alpha value is -0.840. The average molecular weight is 233 g/mol. The molecule has 1 fully saturated rings. The van der Waals surface area contributed by atoms with Crippen LogP contribution in [-0.2, 0) is 0 Å². The highest BCUT2D eigenvalue weighted by Gasteiger charge is 2.17. The molecule has 2 rings (SSSR count). The van der Waals surface area contributed by atoms with Crippen molar-refractivity contribution in [2.45, 2.75) is 12.5 Å². The van der Waals surface area contributed by atoms with Crippen molar-refractivity contribution in [1.82, 2.24) is 0 Å². The minimum Gasteiger partial charge on any atom is -0.381 e. The van der Waals surface area contributed by atoms with E-state index in [4.69, 9.17) is 0 Å².